The zero-order valence-corrected chi connectivity index (χ0v) is 6.94. The van der Waals surface area contributed by atoms with Crippen molar-refractivity contribution in [3.05, 3.63) is 0 Å². The summed E-state index contributed by atoms with van der Waals surface area (Å²) in [6.45, 7) is 1.27. The molecule has 0 fully saturated rings. The van der Waals surface area contributed by atoms with Gasteiger partial charge in [-0.05, 0) is 6.92 Å². The molecule has 0 radical (unpaired) electrons. The Morgan fingerprint density at radius 3 is 2.25 bits per heavy atom. The second-order valence-electron chi connectivity index (χ2n) is 2.39. The van der Waals surface area contributed by atoms with Gasteiger partial charge in [-0.1, -0.05) is 0 Å². The van der Waals surface area contributed by atoms with Gasteiger partial charge in [-0.3, -0.25) is 4.79 Å². The molecule has 2 N–H and O–H groups in total. The molecule has 72 valence electrons. The summed E-state index contributed by atoms with van der Waals surface area (Å²) >= 11 is 0. The molecule has 0 saturated heterocycles. The molecule has 0 rings (SSSR count). The first-order chi connectivity index (χ1) is 5.58. The zero-order valence-electron chi connectivity index (χ0n) is 6.94. The maximum Gasteiger partial charge on any atom is 0.305 e. The number of rotatable bonds is 5. The largest absolute Gasteiger partial charge is 0.469 e. The van der Waals surface area contributed by atoms with E-state index in [0.717, 1.165) is 0 Å². The Morgan fingerprint density at radius 1 is 1.42 bits per heavy atom. The minimum absolute atomic E-state index is 0.00727. The third kappa shape index (κ3) is 3.63. The van der Waals surface area contributed by atoms with E-state index in [4.69, 9.17) is 10.5 Å². The van der Waals surface area contributed by atoms with Crippen molar-refractivity contribution in [1.82, 2.24) is 0 Å². The van der Waals surface area contributed by atoms with Crippen molar-refractivity contribution in [2.45, 2.75) is 25.6 Å². The Kier molecular flexibility index (Phi) is 4.75. The van der Waals surface area contributed by atoms with Crippen molar-refractivity contribution in [3.8, 4) is 0 Å². The highest BCUT2D eigenvalue weighted by molar-refractivity contribution is 5.69. The Bertz CT molecular complexity index is 141. The van der Waals surface area contributed by atoms with Crippen molar-refractivity contribution in [2.75, 3.05) is 7.11 Å². The third-order valence-corrected chi connectivity index (χ3v) is 1.40. The highest BCUT2D eigenvalue weighted by atomic mass is 17.2. The standard InChI is InChI=1S/C6H12O6/c1-6(11-8,12-9)4-3-5(7)10-2/h8-9H,3-4H2,1-2H3. The van der Waals surface area contributed by atoms with Crippen LogP contribution in [0.5, 0.6) is 0 Å². The first kappa shape index (κ1) is 11.3. The fraction of sp³-hybridized carbons (Fsp3) is 0.833. The van der Waals surface area contributed by atoms with Crippen LogP contribution in [0.2, 0.25) is 0 Å². The Labute approximate surface area is 69.5 Å². The number of hydrogen-bond donors (Lipinski definition) is 2. The Hall–Kier alpha value is -0.690. The van der Waals surface area contributed by atoms with Gasteiger partial charge in [0.05, 0.1) is 13.5 Å². The molecule has 0 atom stereocenters. The minimum Gasteiger partial charge on any atom is -0.469 e. The van der Waals surface area contributed by atoms with Gasteiger partial charge in [-0.15, -0.1) is 0 Å². The van der Waals surface area contributed by atoms with E-state index in [1.54, 1.807) is 0 Å². The van der Waals surface area contributed by atoms with Crippen LogP contribution in [0, 0.1) is 0 Å². The smallest absolute Gasteiger partial charge is 0.305 e. The van der Waals surface area contributed by atoms with Gasteiger partial charge in [-0.25, -0.2) is 20.3 Å². The summed E-state index contributed by atoms with van der Waals surface area (Å²) in [5.74, 6) is -2.05. The number of carbonyl (C=O) groups excluding carboxylic acids is 1. The van der Waals surface area contributed by atoms with Gasteiger partial charge in [0.2, 0.25) is 5.79 Å². The van der Waals surface area contributed by atoms with Crippen LogP contribution in [0.25, 0.3) is 0 Å². The van der Waals surface area contributed by atoms with Gasteiger partial charge >= 0.3 is 5.97 Å². The Morgan fingerprint density at radius 2 is 1.92 bits per heavy atom. The highest BCUT2D eigenvalue weighted by Gasteiger charge is 2.28. The van der Waals surface area contributed by atoms with Crippen LogP contribution in [0.15, 0.2) is 0 Å². The van der Waals surface area contributed by atoms with E-state index >= 15 is 0 Å². The van der Waals surface area contributed by atoms with Crippen LogP contribution in [-0.2, 0) is 19.3 Å². The SMILES string of the molecule is COC(=O)CCC(C)(OO)OO. The van der Waals surface area contributed by atoms with Crippen LogP contribution in [0.4, 0.5) is 0 Å². The molecule has 0 saturated carbocycles. The van der Waals surface area contributed by atoms with Crippen LogP contribution in [0.1, 0.15) is 19.8 Å². The van der Waals surface area contributed by atoms with Crippen LogP contribution in [0.3, 0.4) is 0 Å². The van der Waals surface area contributed by atoms with Crippen molar-refractivity contribution < 1.29 is 29.8 Å². The summed E-state index contributed by atoms with van der Waals surface area (Å²) in [6, 6.07) is 0. The summed E-state index contributed by atoms with van der Waals surface area (Å²) in [5.41, 5.74) is 0. The number of methoxy groups -OCH3 is 1. The molecule has 0 aliphatic carbocycles. The summed E-state index contributed by atoms with van der Waals surface area (Å²) in [4.78, 5) is 18.2. The van der Waals surface area contributed by atoms with E-state index in [1.165, 1.54) is 14.0 Å². The van der Waals surface area contributed by atoms with Gasteiger partial charge in [0.25, 0.3) is 0 Å². The van der Waals surface area contributed by atoms with Crippen LogP contribution < -0.4 is 0 Å². The number of ether oxygens (including phenoxy) is 1. The molecule has 0 unspecified atom stereocenters. The highest BCUT2D eigenvalue weighted by Crippen LogP contribution is 2.16. The fourth-order valence-corrected chi connectivity index (χ4v) is 0.539. The number of hydrogen-bond acceptors (Lipinski definition) is 6. The molecule has 12 heavy (non-hydrogen) atoms. The van der Waals surface area contributed by atoms with E-state index < -0.39 is 11.8 Å². The normalized spacial score (nSPS) is 11.3. The van der Waals surface area contributed by atoms with Crippen molar-refractivity contribution in [2.24, 2.45) is 0 Å². The molecular weight excluding hydrogens is 168 g/mol. The van der Waals surface area contributed by atoms with Crippen LogP contribution >= 0.6 is 0 Å². The van der Waals surface area contributed by atoms with E-state index in [2.05, 4.69) is 14.5 Å². The first-order valence-electron chi connectivity index (χ1n) is 3.30. The fourth-order valence-electron chi connectivity index (χ4n) is 0.539. The molecule has 0 aliphatic rings. The topological polar surface area (TPSA) is 85.2 Å². The van der Waals surface area contributed by atoms with Gasteiger partial charge in [0.1, 0.15) is 0 Å². The number of esters is 1. The second-order valence-corrected chi connectivity index (χ2v) is 2.39. The van der Waals surface area contributed by atoms with E-state index in [9.17, 15) is 4.79 Å². The third-order valence-electron chi connectivity index (χ3n) is 1.40. The average Bonchev–Trinajstić information content (AvgIpc) is 2.13. The lowest BCUT2D eigenvalue weighted by Crippen LogP contribution is -2.30. The van der Waals surface area contributed by atoms with E-state index in [0.29, 0.717) is 0 Å². The van der Waals surface area contributed by atoms with Crippen molar-refractivity contribution in [1.29, 1.82) is 0 Å². The van der Waals surface area contributed by atoms with Crippen LogP contribution in [-0.4, -0.2) is 29.4 Å². The molecule has 0 heterocycles. The molecular formula is C6H12O6. The lowest BCUT2D eigenvalue weighted by atomic mass is 10.2. The predicted octanol–water partition coefficient (Wildman–Crippen LogP) is 0.635. The number of carbonyl (C=O) groups is 1. The van der Waals surface area contributed by atoms with Gasteiger partial charge in [0, 0.05) is 6.42 Å². The average molecular weight is 180 g/mol. The molecule has 0 aromatic rings. The quantitative estimate of drug-likeness (QED) is 0.279. The second kappa shape index (κ2) is 5.04. The molecule has 6 nitrogen and oxygen atoms in total. The summed E-state index contributed by atoms with van der Waals surface area (Å²) in [7, 11) is 1.24. The molecule has 0 aliphatic heterocycles. The van der Waals surface area contributed by atoms with E-state index in [-0.39, 0.29) is 12.8 Å². The first-order valence-corrected chi connectivity index (χ1v) is 3.30. The molecule has 0 bridgehead atoms. The molecule has 0 aromatic carbocycles. The van der Waals surface area contributed by atoms with Gasteiger partial charge < -0.3 is 4.74 Å². The lowest BCUT2D eigenvalue weighted by molar-refractivity contribution is -0.481. The summed E-state index contributed by atoms with van der Waals surface area (Å²) in [6.07, 6.45) is -0.0270. The molecule has 0 amide bonds. The Balaban J connectivity index is 3.80. The van der Waals surface area contributed by atoms with Crippen molar-refractivity contribution in [3.63, 3.8) is 0 Å². The molecule has 0 aromatic heterocycles. The monoisotopic (exact) mass is 180 g/mol. The maximum absolute atomic E-state index is 10.6. The zero-order chi connectivity index (χ0) is 9.61. The van der Waals surface area contributed by atoms with Gasteiger partial charge in [-0.2, -0.15) is 0 Å². The van der Waals surface area contributed by atoms with Crippen molar-refractivity contribution >= 4 is 5.97 Å². The lowest BCUT2D eigenvalue weighted by Gasteiger charge is -2.20. The molecule has 6 heteroatoms. The van der Waals surface area contributed by atoms with Gasteiger partial charge in [0.15, 0.2) is 0 Å². The predicted molar refractivity (Wildman–Crippen MR) is 37.1 cm³/mol. The summed E-state index contributed by atoms with van der Waals surface area (Å²) < 4.78 is 4.32. The van der Waals surface area contributed by atoms with E-state index in [1.807, 2.05) is 0 Å². The summed E-state index contributed by atoms with van der Waals surface area (Å²) in [5, 5.41) is 16.5. The molecule has 0 spiro atoms. The maximum atomic E-state index is 10.6. The minimum atomic E-state index is -1.58.